The molecule has 0 unspecified atom stereocenters. The van der Waals surface area contributed by atoms with E-state index in [-0.39, 0.29) is 23.7 Å². The van der Waals surface area contributed by atoms with Gasteiger partial charge in [-0.3, -0.25) is 9.59 Å². The van der Waals surface area contributed by atoms with Crippen molar-refractivity contribution in [1.29, 1.82) is 0 Å². The molecule has 8 heteroatoms. The molecule has 2 aromatic heterocycles. The first-order valence-corrected chi connectivity index (χ1v) is 10.3. The number of nitrogens with zero attached hydrogens (tertiary/aromatic N) is 3. The van der Waals surface area contributed by atoms with Crippen molar-refractivity contribution in [3.05, 3.63) is 29.0 Å². The smallest absolute Gasteiger partial charge is 0.292 e. The van der Waals surface area contributed by atoms with Crippen LogP contribution >= 0.6 is 0 Å². The lowest BCUT2D eigenvalue weighted by molar-refractivity contribution is 0.0927. The number of nitrogens with one attached hydrogen (secondary N) is 2. The van der Waals surface area contributed by atoms with E-state index in [0.717, 1.165) is 50.6 Å². The normalized spacial score (nSPS) is 17.6. The molecule has 1 aliphatic heterocycles. The predicted octanol–water partition coefficient (Wildman–Crippen LogP) is 3.22. The lowest BCUT2D eigenvalue weighted by Gasteiger charge is -2.18. The third kappa shape index (κ3) is 3.95. The monoisotopic (exact) mass is 385 g/mol. The van der Waals surface area contributed by atoms with E-state index in [4.69, 9.17) is 4.52 Å². The lowest BCUT2D eigenvalue weighted by atomic mass is 10.1. The highest BCUT2D eigenvalue weighted by Crippen LogP contribution is 2.23. The van der Waals surface area contributed by atoms with Crippen molar-refractivity contribution in [1.82, 2.24) is 20.0 Å². The Labute approximate surface area is 164 Å². The van der Waals surface area contributed by atoms with E-state index in [1.165, 1.54) is 12.8 Å². The van der Waals surface area contributed by atoms with Crippen LogP contribution in [0.15, 0.2) is 10.6 Å². The fourth-order valence-corrected chi connectivity index (χ4v) is 4.17. The number of fused-ring (bicyclic) bond motifs is 1. The molecule has 3 heterocycles. The molecular weight excluding hydrogens is 358 g/mol. The minimum atomic E-state index is -0.370. The van der Waals surface area contributed by atoms with Crippen molar-refractivity contribution >= 4 is 17.6 Å². The Hall–Kier alpha value is -2.64. The van der Waals surface area contributed by atoms with Crippen molar-refractivity contribution < 1.29 is 14.1 Å². The lowest BCUT2D eigenvalue weighted by Crippen LogP contribution is -2.35. The highest BCUT2D eigenvalue weighted by Gasteiger charge is 2.29. The Morgan fingerprint density at radius 3 is 2.61 bits per heavy atom. The number of aromatic nitrogens is 3. The van der Waals surface area contributed by atoms with E-state index < -0.39 is 0 Å². The quantitative estimate of drug-likeness (QED) is 0.787. The van der Waals surface area contributed by atoms with Gasteiger partial charge in [-0.15, -0.1) is 0 Å². The van der Waals surface area contributed by atoms with Crippen LogP contribution < -0.4 is 10.6 Å². The summed E-state index contributed by atoms with van der Waals surface area (Å²) in [6, 6.07) is 1.85. The van der Waals surface area contributed by atoms with Gasteiger partial charge in [0.05, 0.1) is 5.69 Å². The molecular formula is C20H27N5O3. The molecule has 0 saturated heterocycles. The van der Waals surface area contributed by atoms with Gasteiger partial charge in [0.25, 0.3) is 11.8 Å². The molecule has 8 nitrogen and oxygen atoms in total. The summed E-state index contributed by atoms with van der Waals surface area (Å²) in [6.07, 6.45) is 9.53. The number of hydrogen-bond acceptors (Lipinski definition) is 5. The van der Waals surface area contributed by atoms with Crippen LogP contribution in [0.3, 0.4) is 0 Å². The Morgan fingerprint density at radius 2 is 1.89 bits per heavy atom. The number of imidazole rings is 1. The number of carbonyl (C=O) groups is 2. The summed E-state index contributed by atoms with van der Waals surface area (Å²) in [6.45, 7) is 2.45. The topological polar surface area (TPSA) is 102 Å². The molecule has 4 rings (SSSR count). The number of anilines is 1. The number of aryl methyl sites for hydroxylation is 1. The van der Waals surface area contributed by atoms with Gasteiger partial charge >= 0.3 is 0 Å². The Morgan fingerprint density at radius 1 is 1.11 bits per heavy atom. The molecule has 0 aromatic carbocycles. The minimum Gasteiger partial charge on any atom is -0.360 e. The maximum absolute atomic E-state index is 12.9. The number of rotatable bonds is 4. The standard InChI is InChI=1S/C20H27N5O3/c1-13-12-16(24-28-13)22-20(27)18-23-17(15-10-6-7-11-25(15)18)19(26)21-14-8-4-2-3-5-9-14/h12,14H,2-11H2,1H3,(H,21,26)(H,22,24,27). The molecule has 1 saturated carbocycles. The summed E-state index contributed by atoms with van der Waals surface area (Å²) in [7, 11) is 0. The van der Waals surface area contributed by atoms with E-state index in [9.17, 15) is 9.59 Å². The van der Waals surface area contributed by atoms with Crippen LogP contribution in [0, 0.1) is 6.92 Å². The summed E-state index contributed by atoms with van der Waals surface area (Å²) >= 11 is 0. The summed E-state index contributed by atoms with van der Waals surface area (Å²) in [4.78, 5) is 30.2. The second-order valence-corrected chi connectivity index (χ2v) is 7.78. The van der Waals surface area contributed by atoms with E-state index in [1.54, 1.807) is 13.0 Å². The molecule has 1 aliphatic carbocycles. The van der Waals surface area contributed by atoms with Crippen LogP contribution in [-0.2, 0) is 13.0 Å². The SMILES string of the molecule is Cc1cc(NC(=O)c2nc(C(=O)NC3CCCCCC3)c3n2CCCC3)no1. The van der Waals surface area contributed by atoms with Gasteiger partial charge in [-0.05, 0) is 39.0 Å². The molecule has 0 spiro atoms. The van der Waals surface area contributed by atoms with Gasteiger partial charge in [0.1, 0.15) is 11.5 Å². The average molecular weight is 385 g/mol. The second-order valence-electron chi connectivity index (χ2n) is 7.78. The largest absolute Gasteiger partial charge is 0.360 e. The van der Waals surface area contributed by atoms with Crippen molar-refractivity contribution in [2.45, 2.75) is 77.3 Å². The van der Waals surface area contributed by atoms with Crippen molar-refractivity contribution in [2.75, 3.05) is 5.32 Å². The fourth-order valence-electron chi connectivity index (χ4n) is 4.17. The molecule has 28 heavy (non-hydrogen) atoms. The second kappa shape index (κ2) is 8.16. The molecule has 2 aromatic rings. The molecule has 150 valence electrons. The van der Waals surface area contributed by atoms with Crippen LogP contribution in [0.5, 0.6) is 0 Å². The van der Waals surface area contributed by atoms with Gasteiger partial charge in [0.15, 0.2) is 11.6 Å². The van der Waals surface area contributed by atoms with Crippen LogP contribution in [0.2, 0.25) is 0 Å². The third-order valence-corrected chi connectivity index (χ3v) is 5.60. The van der Waals surface area contributed by atoms with Crippen molar-refractivity contribution in [3.8, 4) is 0 Å². The van der Waals surface area contributed by atoms with E-state index in [1.807, 2.05) is 4.57 Å². The minimum absolute atomic E-state index is 0.158. The average Bonchev–Trinajstić information content (AvgIpc) is 3.17. The van der Waals surface area contributed by atoms with E-state index >= 15 is 0 Å². The predicted molar refractivity (Wildman–Crippen MR) is 103 cm³/mol. The summed E-state index contributed by atoms with van der Waals surface area (Å²) < 4.78 is 6.88. The third-order valence-electron chi connectivity index (χ3n) is 5.60. The zero-order valence-electron chi connectivity index (χ0n) is 16.3. The first-order valence-electron chi connectivity index (χ1n) is 10.3. The van der Waals surface area contributed by atoms with Crippen LogP contribution in [0.4, 0.5) is 5.82 Å². The molecule has 0 atom stereocenters. The molecule has 0 radical (unpaired) electrons. The number of hydrogen-bond donors (Lipinski definition) is 2. The van der Waals surface area contributed by atoms with Crippen molar-refractivity contribution in [2.24, 2.45) is 0 Å². The Kier molecular flexibility index (Phi) is 5.45. The zero-order chi connectivity index (χ0) is 19.5. The van der Waals surface area contributed by atoms with Crippen LogP contribution in [0.25, 0.3) is 0 Å². The number of amides is 2. The van der Waals surface area contributed by atoms with Gasteiger partial charge in [-0.2, -0.15) is 0 Å². The van der Waals surface area contributed by atoms with Crippen molar-refractivity contribution in [3.63, 3.8) is 0 Å². The summed E-state index contributed by atoms with van der Waals surface area (Å²) in [5, 5.41) is 9.67. The Balaban J connectivity index is 1.55. The maximum Gasteiger partial charge on any atom is 0.292 e. The van der Waals surface area contributed by atoms with Gasteiger partial charge < -0.3 is 19.7 Å². The first-order chi connectivity index (χ1) is 13.6. The fraction of sp³-hybridized carbons (Fsp3) is 0.600. The molecule has 2 aliphatic rings. The van der Waals surface area contributed by atoms with Gasteiger partial charge in [-0.1, -0.05) is 30.8 Å². The molecule has 2 N–H and O–H groups in total. The molecule has 1 fully saturated rings. The van der Waals surface area contributed by atoms with Gasteiger partial charge in [-0.25, -0.2) is 4.98 Å². The first kappa shape index (κ1) is 18.7. The molecule has 0 bridgehead atoms. The van der Waals surface area contributed by atoms with E-state index in [0.29, 0.717) is 23.8 Å². The van der Waals surface area contributed by atoms with Gasteiger partial charge in [0.2, 0.25) is 0 Å². The van der Waals surface area contributed by atoms with Crippen LogP contribution in [-0.4, -0.2) is 32.6 Å². The highest BCUT2D eigenvalue weighted by molar-refractivity contribution is 6.03. The highest BCUT2D eigenvalue weighted by atomic mass is 16.5. The molecule has 2 amide bonds. The summed E-state index contributed by atoms with van der Waals surface area (Å²) in [5.74, 6) is 0.698. The zero-order valence-corrected chi connectivity index (χ0v) is 16.3. The van der Waals surface area contributed by atoms with Crippen LogP contribution in [0.1, 0.15) is 83.9 Å². The summed E-state index contributed by atoms with van der Waals surface area (Å²) in [5.41, 5.74) is 1.25. The maximum atomic E-state index is 12.9. The van der Waals surface area contributed by atoms with Gasteiger partial charge in [0, 0.05) is 18.7 Å². The van der Waals surface area contributed by atoms with E-state index in [2.05, 4.69) is 20.8 Å². The Bertz CT molecular complexity index is 861. The number of carbonyl (C=O) groups excluding carboxylic acids is 2.